The van der Waals surface area contributed by atoms with E-state index in [9.17, 15) is 4.79 Å². The summed E-state index contributed by atoms with van der Waals surface area (Å²) < 4.78 is 11.1. The van der Waals surface area contributed by atoms with E-state index in [1.807, 2.05) is 32.0 Å². The highest BCUT2D eigenvalue weighted by Crippen LogP contribution is 2.29. The van der Waals surface area contributed by atoms with Crippen molar-refractivity contribution in [3.63, 3.8) is 0 Å². The lowest BCUT2D eigenvalue weighted by molar-refractivity contribution is -0.116. The molecule has 1 amide bonds. The van der Waals surface area contributed by atoms with Gasteiger partial charge < -0.3 is 19.7 Å². The second kappa shape index (κ2) is 11.0. The van der Waals surface area contributed by atoms with E-state index in [1.54, 1.807) is 19.3 Å². The molecule has 1 aromatic rings. The maximum Gasteiger partial charge on any atom is 0.244 e. The minimum atomic E-state index is -0.0676. The number of methoxy groups -OCH3 is 1. The Hall–Kier alpha value is -2.01. The van der Waals surface area contributed by atoms with E-state index < -0.39 is 0 Å². The first kappa shape index (κ1) is 21.3. The summed E-state index contributed by atoms with van der Waals surface area (Å²) in [4.78, 5) is 14.6. The van der Waals surface area contributed by atoms with Crippen LogP contribution in [0.5, 0.6) is 11.5 Å². The van der Waals surface area contributed by atoms with Gasteiger partial charge in [0.1, 0.15) is 0 Å². The van der Waals surface area contributed by atoms with Gasteiger partial charge in [-0.05, 0) is 69.5 Å². The third-order valence-electron chi connectivity index (χ3n) is 4.62. The molecule has 0 radical (unpaired) electrons. The average molecular weight is 375 g/mol. The van der Waals surface area contributed by atoms with Crippen molar-refractivity contribution in [3.8, 4) is 11.5 Å². The number of benzene rings is 1. The third kappa shape index (κ3) is 7.63. The van der Waals surface area contributed by atoms with E-state index in [0.717, 1.165) is 12.1 Å². The zero-order chi connectivity index (χ0) is 19.6. The standard InChI is InChI=1S/C22H34N2O3/c1-17(2)27-20-10-8-19(14-21(20)26-4)9-11-22(25)23-15-18(3)16-24-12-6-5-7-13-24/h8-11,14,17-18H,5-7,12-13,15-16H2,1-4H3,(H,23,25)/b11-9+. The van der Waals surface area contributed by atoms with Crippen LogP contribution in [0, 0.1) is 5.92 Å². The molecule has 27 heavy (non-hydrogen) atoms. The van der Waals surface area contributed by atoms with Gasteiger partial charge in [0, 0.05) is 19.2 Å². The molecule has 0 bridgehead atoms. The number of carbonyl (C=O) groups is 1. The molecule has 0 aromatic heterocycles. The number of likely N-dealkylation sites (tertiary alicyclic amines) is 1. The Labute approximate surface area is 163 Å². The van der Waals surface area contributed by atoms with Gasteiger partial charge in [-0.25, -0.2) is 0 Å². The Morgan fingerprint density at radius 2 is 1.93 bits per heavy atom. The lowest BCUT2D eigenvalue weighted by Gasteiger charge is -2.29. The minimum Gasteiger partial charge on any atom is -0.493 e. The molecule has 5 nitrogen and oxygen atoms in total. The second-order valence-electron chi connectivity index (χ2n) is 7.62. The first-order valence-electron chi connectivity index (χ1n) is 10.0. The fourth-order valence-corrected chi connectivity index (χ4v) is 3.29. The van der Waals surface area contributed by atoms with E-state index in [2.05, 4.69) is 17.1 Å². The smallest absolute Gasteiger partial charge is 0.244 e. The van der Waals surface area contributed by atoms with Crippen LogP contribution in [0.4, 0.5) is 0 Å². The van der Waals surface area contributed by atoms with Crippen LogP contribution >= 0.6 is 0 Å². The number of hydrogen-bond donors (Lipinski definition) is 1. The predicted octanol–water partition coefficient (Wildman–Crippen LogP) is 3.73. The van der Waals surface area contributed by atoms with Crippen LogP contribution in [0.15, 0.2) is 24.3 Å². The van der Waals surface area contributed by atoms with E-state index in [4.69, 9.17) is 9.47 Å². The SMILES string of the molecule is COc1cc(/C=C/C(=O)NCC(C)CN2CCCCC2)ccc1OC(C)C. The molecule has 0 spiro atoms. The topological polar surface area (TPSA) is 50.8 Å². The summed E-state index contributed by atoms with van der Waals surface area (Å²) in [6.45, 7) is 10.3. The second-order valence-corrected chi connectivity index (χ2v) is 7.62. The van der Waals surface area contributed by atoms with Crippen molar-refractivity contribution in [2.75, 3.05) is 33.3 Å². The van der Waals surface area contributed by atoms with Gasteiger partial charge >= 0.3 is 0 Å². The van der Waals surface area contributed by atoms with Crippen molar-refractivity contribution in [1.82, 2.24) is 10.2 Å². The number of nitrogens with one attached hydrogen (secondary N) is 1. The molecular formula is C22H34N2O3. The largest absolute Gasteiger partial charge is 0.493 e. The third-order valence-corrected chi connectivity index (χ3v) is 4.62. The van der Waals surface area contributed by atoms with Gasteiger partial charge in [0.15, 0.2) is 11.5 Å². The molecule has 1 atom stereocenters. The molecule has 0 saturated carbocycles. The molecule has 1 fully saturated rings. The molecule has 150 valence electrons. The van der Waals surface area contributed by atoms with Gasteiger partial charge in [0.25, 0.3) is 0 Å². The van der Waals surface area contributed by atoms with Crippen LogP contribution in [0.2, 0.25) is 0 Å². The molecular weight excluding hydrogens is 340 g/mol. The van der Waals surface area contributed by atoms with Crippen LogP contribution in [0.3, 0.4) is 0 Å². The van der Waals surface area contributed by atoms with Gasteiger partial charge in [0.2, 0.25) is 5.91 Å². The molecule has 1 unspecified atom stereocenters. The zero-order valence-electron chi connectivity index (χ0n) is 17.2. The fraction of sp³-hybridized carbons (Fsp3) is 0.591. The lowest BCUT2D eigenvalue weighted by Crippen LogP contribution is -2.37. The van der Waals surface area contributed by atoms with E-state index >= 15 is 0 Å². The molecule has 1 aromatic carbocycles. The van der Waals surface area contributed by atoms with Gasteiger partial charge in [-0.2, -0.15) is 0 Å². The molecule has 0 aliphatic carbocycles. The van der Waals surface area contributed by atoms with Crippen molar-refractivity contribution in [3.05, 3.63) is 29.8 Å². The Kier molecular flexibility index (Phi) is 8.65. The number of amides is 1. The molecule has 2 rings (SSSR count). The van der Waals surface area contributed by atoms with Crippen LogP contribution in [-0.2, 0) is 4.79 Å². The predicted molar refractivity (Wildman–Crippen MR) is 110 cm³/mol. The van der Waals surface area contributed by atoms with Crippen LogP contribution < -0.4 is 14.8 Å². The molecule has 1 aliphatic rings. The molecule has 1 N–H and O–H groups in total. The summed E-state index contributed by atoms with van der Waals surface area (Å²) in [5.74, 6) is 1.76. The average Bonchev–Trinajstić information content (AvgIpc) is 2.66. The number of piperidine rings is 1. The van der Waals surface area contributed by atoms with Gasteiger partial charge in [-0.15, -0.1) is 0 Å². The number of rotatable bonds is 9. The number of nitrogens with zero attached hydrogens (tertiary/aromatic N) is 1. The molecule has 1 heterocycles. The van der Waals surface area contributed by atoms with Gasteiger partial charge in [0.05, 0.1) is 13.2 Å². The molecule has 5 heteroatoms. The molecule has 1 saturated heterocycles. The Morgan fingerprint density at radius 1 is 1.19 bits per heavy atom. The maximum absolute atomic E-state index is 12.1. The lowest BCUT2D eigenvalue weighted by atomic mass is 10.1. The Bertz CT molecular complexity index is 622. The number of carbonyl (C=O) groups excluding carboxylic acids is 1. The summed E-state index contributed by atoms with van der Waals surface area (Å²) in [5, 5.41) is 3.00. The first-order valence-corrected chi connectivity index (χ1v) is 10.0. The quantitative estimate of drug-likeness (QED) is 0.669. The summed E-state index contributed by atoms with van der Waals surface area (Å²) >= 11 is 0. The number of ether oxygens (including phenoxy) is 2. The van der Waals surface area contributed by atoms with Crippen LogP contribution in [0.25, 0.3) is 6.08 Å². The van der Waals surface area contributed by atoms with Crippen LogP contribution in [0.1, 0.15) is 45.6 Å². The zero-order valence-corrected chi connectivity index (χ0v) is 17.2. The summed E-state index contributed by atoms with van der Waals surface area (Å²) in [6, 6.07) is 5.67. The highest BCUT2D eigenvalue weighted by molar-refractivity contribution is 5.91. The Balaban J connectivity index is 1.81. The van der Waals surface area contributed by atoms with E-state index in [-0.39, 0.29) is 12.0 Å². The van der Waals surface area contributed by atoms with Crippen molar-refractivity contribution in [2.45, 2.75) is 46.1 Å². The normalized spacial score (nSPS) is 16.5. The van der Waals surface area contributed by atoms with E-state index in [1.165, 1.54) is 32.4 Å². The Morgan fingerprint density at radius 3 is 2.59 bits per heavy atom. The highest BCUT2D eigenvalue weighted by Gasteiger charge is 2.13. The van der Waals surface area contributed by atoms with E-state index in [0.29, 0.717) is 24.0 Å². The summed E-state index contributed by atoms with van der Waals surface area (Å²) in [6.07, 6.45) is 7.40. The monoisotopic (exact) mass is 374 g/mol. The van der Waals surface area contributed by atoms with Crippen molar-refractivity contribution < 1.29 is 14.3 Å². The summed E-state index contributed by atoms with van der Waals surface area (Å²) in [5.41, 5.74) is 0.902. The fourth-order valence-electron chi connectivity index (χ4n) is 3.29. The summed E-state index contributed by atoms with van der Waals surface area (Å²) in [7, 11) is 1.62. The first-order chi connectivity index (χ1) is 13.0. The highest BCUT2D eigenvalue weighted by atomic mass is 16.5. The maximum atomic E-state index is 12.1. The van der Waals surface area contributed by atoms with Crippen LogP contribution in [-0.4, -0.2) is 50.2 Å². The number of hydrogen-bond acceptors (Lipinski definition) is 4. The van der Waals surface area contributed by atoms with Crippen molar-refractivity contribution in [1.29, 1.82) is 0 Å². The molecule has 1 aliphatic heterocycles. The van der Waals surface area contributed by atoms with Gasteiger partial charge in [-0.3, -0.25) is 4.79 Å². The van der Waals surface area contributed by atoms with Crippen molar-refractivity contribution >= 4 is 12.0 Å². The minimum absolute atomic E-state index is 0.0676. The van der Waals surface area contributed by atoms with Crippen molar-refractivity contribution in [2.24, 2.45) is 5.92 Å². The van der Waals surface area contributed by atoms with Gasteiger partial charge in [-0.1, -0.05) is 19.4 Å².